The second-order valence-corrected chi connectivity index (χ2v) is 6.15. The monoisotopic (exact) mass is 367 g/mol. The molecule has 3 rings (SSSR count). The number of ether oxygens (including phenoxy) is 2. The Morgan fingerprint density at radius 1 is 1.35 bits per heavy atom. The van der Waals surface area contributed by atoms with Gasteiger partial charge >= 0.3 is 0 Å². The van der Waals surface area contributed by atoms with Crippen molar-refractivity contribution in [2.75, 3.05) is 13.7 Å². The van der Waals surface area contributed by atoms with Gasteiger partial charge in [0.2, 0.25) is 0 Å². The first-order chi connectivity index (χ1) is 12.5. The van der Waals surface area contributed by atoms with Crippen LogP contribution >= 0.6 is 11.6 Å². The number of nitrogens with zero attached hydrogens (tertiary/aromatic N) is 2. The number of hydrogen-bond donors (Lipinski definition) is 1. The Bertz CT molecular complexity index is 1030. The number of aromatic amines is 1. The summed E-state index contributed by atoms with van der Waals surface area (Å²) in [4.78, 5) is 7.69. The number of halogens is 1. The van der Waals surface area contributed by atoms with Gasteiger partial charge in [-0.15, -0.1) is 0 Å². The Morgan fingerprint density at radius 2 is 2.15 bits per heavy atom. The first kappa shape index (κ1) is 17.8. The number of aromatic nitrogens is 2. The number of imidazole rings is 1. The lowest BCUT2D eigenvalue weighted by atomic mass is 10.1. The van der Waals surface area contributed by atoms with Crippen LogP contribution in [0.5, 0.6) is 11.5 Å². The van der Waals surface area contributed by atoms with Gasteiger partial charge in [0.15, 0.2) is 11.5 Å². The predicted octanol–water partition coefficient (Wildman–Crippen LogP) is 5.00. The summed E-state index contributed by atoms with van der Waals surface area (Å²) in [6.45, 7) is 4.37. The number of methoxy groups -OCH3 is 1. The van der Waals surface area contributed by atoms with Gasteiger partial charge in [-0.2, -0.15) is 5.26 Å². The fourth-order valence-corrected chi connectivity index (χ4v) is 3.00. The predicted molar refractivity (Wildman–Crippen MR) is 103 cm³/mol. The molecule has 0 unspecified atom stereocenters. The van der Waals surface area contributed by atoms with Gasteiger partial charge in [0.1, 0.15) is 11.9 Å². The molecule has 26 heavy (non-hydrogen) atoms. The van der Waals surface area contributed by atoms with Crippen LogP contribution in [0.2, 0.25) is 5.02 Å². The van der Waals surface area contributed by atoms with Crippen LogP contribution < -0.4 is 9.47 Å². The van der Waals surface area contributed by atoms with Gasteiger partial charge in [-0.25, -0.2) is 4.98 Å². The lowest BCUT2D eigenvalue weighted by Gasteiger charge is -2.11. The fraction of sp³-hybridized carbons (Fsp3) is 0.200. The second kappa shape index (κ2) is 7.51. The molecule has 0 radical (unpaired) electrons. The summed E-state index contributed by atoms with van der Waals surface area (Å²) < 4.78 is 10.9. The molecule has 3 aromatic rings. The summed E-state index contributed by atoms with van der Waals surface area (Å²) >= 11 is 6.28. The molecule has 132 valence electrons. The maximum absolute atomic E-state index is 9.60. The number of nitrogens with one attached hydrogen (secondary N) is 1. The molecule has 0 spiro atoms. The van der Waals surface area contributed by atoms with Gasteiger partial charge in [0.25, 0.3) is 0 Å². The van der Waals surface area contributed by atoms with E-state index >= 15 is 0 Å². The van der Waals surface area contributed by atoms with Crippen molar-refractivity contribution in [3.8, 4) is 17.6 Å². The number of aryl methyl sites for hydroxylation is 1. The van der Waals surface area contributed by atoms with Crippen LogP contribution in [-0.4, -0.2) is 23.7 Å². The second-order valence-electron chi connectivity index (χ2n) is 5.74. The Kier molecular flexibility index (Phi) is 5.15. The van der Waals surface area contributed by atoms with Gasteiger partial charge < -0.3 is 14.5 Å². The summed E-state index contributed by atoms with van der Waals surface area (Å²) in [5, 5.41) is 10.0. The minimum Gasteiger partial charge on any atom is -0.491 e. The zero-order chi connectivity index (χ0) is 18.7. The van der Waals surface area contributed by atoms with Crippen LogP contribution in [0.4, 0.5) is 0 Å². The minimum atomic E-state index is 0.405. The third-order valence-corrected chi connectivity index (χ3v) is 4.14. The molecule has 0 amide bonds. The molecule has 0 fully saturated rings. The molecule has 1 N–H and O–H groups in total. The standard InChI is InChI=1S/C20H18ClN3O2/c1-4-26-18-10-13(9-15(21)19(18)25-3)8-14(11-22)20-23-16-6-5-12(2)7-17(16)24-20/h5-10H,4H2,1-3H3,(H,23,24). The van der Waals surface area contributed by atoms with Crippen molar-refractivity contribution in [1.82, 2.24) is 9.97 Å². The highest BCUT2D eigenvalue weighted by atomic mass is 35.5. The highest BCUT2D eigenvalue weighted by molar-refractivity contribution is 6.32. The Hall–Kier alpha value is -2.97. The highest BCUT2D eigenvalue weighted by Crippen LogP contribution is 2.37. The molecule has 0 atom stereocenters. The summed E-state index contributed by atoms with van der Waals surface area (Å²) in [6, 6.07) is 11.6. The van der Waals surface area contributed by atoms with Crippen molar-refractivity contribution in [3.63, 3.8) is 0 Å². The molecule has 0 aliphatic heterocycles. The molecule has 1 aromatic heterocycles. The summed E-state index contributed by atoms with van der Waals surface area (Å²) in [5.74, 6) is 1.52. The Morgan fingerprint density at radius 3 is 2.85 bits per heavy atom. The van der Waals surface area contributed by atoms with E-state index in [4.69, 9.17) is 21.1 Å². The van der Waals surface area contributed by atoms with E-state index < -0.39 is 0 Å². The van der Waals surface area contributed by atoms with E-state index in [0.29, 0.717) is 34.5 Å². The number of allylic oxidation sites excluding steroid dienone is 1. The van der Waals surface area contributed by atoms with Crippen LogP contribution in [0.3, 0.4) is 0 Å². The minimum absolute atomic E-state index is 0.405. The molecular formula is C20H18ClN3O2. The maximum Gasteiger partial charge on any atom is 0.179 e. The first-order valence-corrected chi connectivity index (χ1v) is 8.52. The molecule has 2 aromatic carbocycles. The van der Waals surface area contributed by atoms with Gasteiger partial charge in [-0.3, -0.25) is 0 Å². The zero-order valence-electron chi connectivity index (χ0n) is 14.8. The van der Waals surface area contributed by atoms with E-state index in [0.717, 1.165) is 22.2 Å². The largest absolute Gasteiger partial charge is 0.491 e. The molecule has 0 bridgehead atoms. The average Bonchev–Trinajstić information content (AvgIpc) is 3.02. The van der Waals surface area contributed by atoms with Crippen LogP contribution in [-0.2, 0) is 0 Å². The van der Waals surface area contributed by atoms with E-state index in [1.807, 2.05) is 32.0 Å². The van der Waals surface area contributed by atoms with Crippen molar-refractivity contribution in [2.45, 2.75) is 13.8 Å². The number of nitriles is 1. The van der Waals surface area contributed by atoms with E-state index in [2.05, 4.69) is 16.0 Å². The zero-order valence-corrected chi connectivity index (χ0v) is 15.5. The quantitative estimate of drug-likeness (QED) is 0.644. The Balaban J connectivity index is 2.07. The van der Waals surface area contributed by atoms with Crippen molar-refractivity contribution in [3.05, 3.63) is 52.3 Å². The van der Waals surface area contributed by atoms with Gasteiger partial charge in [-0.05, 0) is 55.3 Å². The van der Waals surface area contributed by atoms with Crippen molar-refractivity contribution in [2.24, 2.45) is 0 Å². The third kappa shape index (κ3) is 3.51. The van der Waals surface area contributed by atoms with Crippen LogP contribution in [0, 0.1) is 18.3 Å². The highest BCUT2D eigenvalue weighted by Gasteiger charge is 2.13. The molecule has 0 saturated carbocycles. The molecule has 0 aliphatic carbocycles. The van der Waals surface area contributed by atoms with Crippen molar-refractivity contribution in [1.29, 1.82) is 5.26 Å². The molecular weight excluding hydrogens is 350 g/mol. The van der Waals surface area contributed by atoms with Gasteiger partial charge in [0.05, 0.1) is 35.3 Å². The van der Waals surface area contributed by atoms with E-state index in [-0.39, 0.29) is 0 Å². The van der Waals surface area contributed by atoms with Crippen LogP contribution in [0.1, 0.15) is 23.9 Å². The molecule has 5 nitrogen and oxygen atoms in total. The Labute approximate surface area is 156 Å². The van der Waals surface area contributed by atoms with Gasteiger partial charge in [0, 0.05) is 0 Å². The summed E-state index contributed by atoms with van der Waals surface area (Å²) in [7, 11) is 1.54. The number of benzene rings is 2. The molecule has 0 aliphatic rings. The SMILES string of the molecule is CCOc1cc(C=C(C#N)c2nc3ccc(C)cc3[nH]2)cc(Cl)c1OC. The average molecular weight is 368 g/mol. The van der Waals surface area contributed by atoms with Crippen LogP contribution in [0.15, 0.2) is 30.3 Å². The molecule has 6 heteroatoms. The topological polar surface area (TPSA) is 70.9 Å². The van der Waals surface area contributed by atoms with Crippen molar-refractivity contribution >= 4 is 34.3 Å². The smallest absolute Gasteiger partial charge is 0.179 e. The van der Waals surface area contributed by atoms with Crippen LogP contribution in [0.25, 0.3) is 22.7 Å². The number of H-pyrrole nitrogens is 1. The molecule has 0 saturated heterocycles. The number of rotatable bonds is 5. The fourth-order valence-electron chi connectivity index (χ4n) is 2.70. The first-order valence-electron chi connectivity index (χ1n) is 8.14. The lowest BCUT2D eigenvalue weighted by Crippen LogP contribution is -1.96. The summed E-state index contributed by atoms with van der Waals surface area (Å²) in [6.07, 6.45) is 1.72. The van der Waals surface area contributed by atoms with E-state index in [1.165, 1.54) is 7.11 Å². The number of fused-ring (bicyclic) bond motifs is 1. The normalized spacial score (nSPS) is 11.4. The van der Waals surface area contributed by atoms with E-state index in [1.54, 1.807) is 18.2 Å². The third-order valence-electron chi connectivity index (χ3n) is 3.86. The summed E-state index contributed by atoms with van der Waals surface area (Å²) in [5.41, 5.74) is 3.96. The maximum atomic E-state index is 9.60. The van der Waals surface area contributed by atoms with E-state index in [9.17, 15) is 5.26 Å². The van der Waals surface area contributed by atoms with Crippen molar-refractivity contribution < 1.29 is 9.47 Å². The lowest BCUT2D eigenvalue weighted by molar-refractivity contribution is 0.311. The molecule has 1 heterocycles. The number of hydrogen-bond acceptors (Lipinski definition) is 4. The van der Waals surface area contributed by atoms with Gasteiger partial charge in [-0.1, -0.05) is 17.7 Å².